The number of aliphatic imine (C=N–C) groups is 1. The Balaban J connectivity index is 2.34. The molecule has 6 heteroatoms. The van der Waals surface area contributed by atoms with Crippen molar-refractivity contribution in [1.29, 1.82) is 0 Å². The number of benzene rings is 2. The summed E-state index contributed by atoms with van der Waals surface area (Å²) in [5, 5.41) is 1.56. The van der Waals surface area contributed by atoms with Crippen LogP contribution in [0.3, 0.4) is 0 Å². The number of allylic oxidation sites excluding steroid dienone is 1. The van der Waals surface area contributed by atoms with Crippen molar-refractivity contribution in [3.63, 3.8) is 0 Å². The smallest absolute Gasteiger partial charge is 0.271 e. The maximum atomic E-state index is 13.9. The van der Waals surface area contributed by atoms with Crippen LogP contribution in [0.2, 0.25) is 0 Å². The third-order valence-corrected chi connectivity index (χ3v) is 4.64. The highest BCUT2D eigenvalue weighted by Gasteiger charge is 2.11. The maximum Gasteiger partial charge on any atom is 0.271 e. The van der Waals surface area contributed by atoms with Gasteiger partial charge in [0.15, 0.2) is 11.6 Å². The molecule has 0 aliphatic heterocycles. The predicted molar refractivity (Wildman–Crippen MR) is 119 cm³/mol. The number of halogens is 2. The van der Waals surface area contributed by atoms with Crippen molar-refractivity contribution in [1.82, 2.24) is 5.01 Å². The summed E-state index contributed by atoms with van der Waals surface area (Å²) in [5.41, 5.74) is 7.53. The molecule has 1 N–H and O–H groups in total. The van der Waals surface area contributed by atoms with Gasteiger partial charge in [-0.25, -0.2) is 8.78 Å². The first-order chi connectivity index (χ1) is 14.2. The van der Waals surface area contributed by atoms with Crippen LogP contribution in [0.1, 0.15) is 42.5 Å². The summed E-state index contributed by atoms with van der Waals surface area (Å²) >= 11 is 0. The molecule has 0 radical (unpaired) electrons. The molecule has 2 aromatic carbocycles. The predicted octanol–water partition coefficient (Wildman–Crippen LogP) is 5.96. The van der Waals surface area contributed by atoms with E-state index >= 15 is 0 Å². The fourth-order valence-electron chi connectivity index (χ4n) is 2.71. The number of carbonyl (C=O) groups is 1. The van der Waals surface area contributed by atoms with Gasteiger partial charge in [-0.1, -0.05) is 43.4 Å². The summed E-state index contributed by atoms with van der Waals surface area (Å²) < 4.78 is 27.5. The number of rotatable bonds is 8. The molecule has 1 amide bonds. The van der Waals surface area contributed by atoms with Gasteiger partial charge in [0, 0.05) is 6.08 Å². The molecule has 0 aromatic heterocycles. The first-order valence-corrected chi connectivity index (χ1v) is 9.69. The standard InChI is InChI=1S/C24H27F2N3O/c1-6-16(3)10-23(30)27-15-29(14-20-11-18(5)24(26)21(25)12-20)28-22-13-19(7-2)9-8-17(22)4/h7-13,15,28H,2,6,14H2,1,3-5H3/b16-10+,27-15?. The molecule has 0 atom stereocenters. The van der Waals surface area contributed by atoms with Gasteiger partial charge in [-0.3, -0.25) is 15.2 Å². The largest absolute Gasteiger partial charge is 0.297 e. The molecular formula is C24H27F2N3O. The van der Waals surface area contributed by atoms with Gasteiger partial charge in [0.05, 0.1) is 12.2 Å². The Kier molecular flexibility index (Phi) is 8.04. The zero-order chi connectivity index (χ0) is 22.3. The minimum Gasteiger partial charge on any atom is -0.297 e. The SMILES string of the molecule is C=Cc1ccc(C)c(NN(C=NC(=O)/C=C(\C)CC)Cc2cc(C)c(F)c(F)c2)c1. The minimum absolute atomic E-state index is 0.170. The van der Waals surface area contributed by atoms with Gasteiger partial charge in [-0.2, -0.15) is 4.99 Å². The van der Waals surface area contributed by atoms with Crippen LogP contribution in [0.4, 0.5) is 14.5 Å². The zero-order valence-corrected chi connectivity index (χ0v) is 17.8. The molecule has 4 nitrogen and oxygen atoms in total. The van der Waals surface area contributed by atoms with Crippen LogP contribution in [0.15, 0.2) is 53.6 Å². The van der Waals surface area contributed by atoms with E-state index in [-0.39, 0.29) is 18.0 Å². The average Bonchev–Trinajstić information content (AvgIpc) is 2.71. The monoisotopic (exact) mass is 411 g/mol. The Morgan fingerprint density at radius 3 is 2.57 bits per heavy atom. The highest BCUT2D eigenvalue weighted by molar-refractivity contribution is 5.93. The molecule has 0 fully saturated rings. The molecular weight excluding hydrogens is 384 g/mol. The van der Waals surface area contributed by atoms with E-state index < -0.39 is 11.6 Å². The lowest BCUT2D eigenvalue weighted by Crippen LogP contribution is -2.29. The Hall–Kier alpha value is -3.28. The third kappa shape index (κ3) is 6.37. The maximum absolute atomic E-state index is 13.9. The summed E-state index contributed by atoms with van der Waals surface area (Å²) in [5.74, 6) is -2.17. The first kappa shape index (κ1) is 23.0. The molecule has 0 spiro atoms. The quantitative estimate of drug-likeness (QED) is 0.252. The van der Waals surface area contributed by atoms with Crippen LogP contribution < -0.4 is 5.43 Å². The fraction of sp³-hybridized carbons (Fsp3) is 0.250. The zero-order valence-electron chi connectivity index (χ0n) is 17.8. The number of nitrogens with one attached hydrogen (secondary N) is 1. The lowest BCUT2D eigenvalue weighted by molar-refractivity contribution is -0.113. The minimum atomic E-state index is -0.913. The summed E-state index contributed by atoms with van der Waals surface area (Å²) in [4.78, 5) is 16.1. The molecule has 158 valence electrons. The number of carbonyl (C=O) groups excluding carboxylic acids is 1. The van der Waals surface area contributed by atoms with E-state index in [1.807, 2.05) is 39.0 Å². The third-order valence-electron chi connectivity index (χ3n) is 4.64. The van der Waals surface area contributed by atoms with E-state index in [0.717, 1.165) is 34.9 Å². The summed E-state index contributed by atoms with van der Waals surface area (Å²) in [6, 6.07) is 8.49. The molecule has 30 heavy (non-hydrogen) atoms. The molecule has 0 heterocycles. The second kappa shape index (κ2) is 10.5. The normalized spacial score (nSPS) is 11.6. The lowest BCUT2D eigenvalue weighted by Gasteiger charge is -2.23. The number of hydrazine groups is 1. The Bertz CT molecular complexity index is 973. The second-order valence-corrected chi connectivity index (χ2v) is 7.15. The summed E-state index contributed by atoms with van der Waals surface area (Å²) in [6.07, 6.45) is 5.31. The van der Waals surface area contributed by atoms with E-state index in [4.69, 9.17) is 0 Å². The topological polar surface area (TPSA) is 44.7 Å². The van der Waals surface area contributed by atoms with E-state index in [0.29, 0.717) is 5.56 Å². The number of aryl methyl sites for hydroxylation is 2. The van der Waals surface area contributed by atoms with Crippen LogP contribution in [0.25, 0.3) is 6.08 Å². The Morgan fingerprint density at radius 2 is 1.93 bits per heavy atom. The van der Waals surface area contributed by atoms with Crippen molar-refractivity contribution in [3.05, 3.63) is 82.4 Å². The highest BCUT2D eigenvalue weighted by Crippen LogP contribution is 2.20. The number of anilines is 1. The Morgan fingerprint density at radius 1 is 1.20 bits per heavy atom. The number of hydrogen-bond acceptors (Lipinski definition) is 2. The van der Waals surface area contributed by atoms with Crippen LogP contribution in [0, 0.1) is 25.5 Å². The van der Waals surface area contributed by atoms with Crippen molar-refractivity contribution >= 4 is 24.0 Å². The van der Waals surface area contributed by atoms with Crippen molar-refractivity contribution in [2.45, 2.75) is 40.7 Å². The van der Waals surface area contributed by atoms with Crippen molar-refractivity contribution in [2.75, 3.05) is 5.43 Å². The number of amides is 1. The molecule has 2 rings (SSSR count). The fourth-order valence-corrected chi connectivity index (χ4v) is 2.71. The number of hydrogen-bond donors (Lipinski definition) is 1. The lowest BCUT2D eigenvalue weighted by atomic mass is 10.1. The van der Waals surface area contributed by atoms with Gasteiger partial charge in [0.2, 0.25) is 0 Å². The molecule has 0 aliphatic rings. The van der Waals surface area contributed by atoms with Crippen LogP contribution in [-0.2, 0) is 11.3 Å². The Labute approximate surface area is 176 Å². The van der Waals surface area contributed by atoms with Crippen LogP contribution in [0.5, 0.6) is 0 Å². The van der Waals surface area contributed by atoms with E-state index in [9.17, 15) is 13.6 Å². The van der Waals surface area contributed by atoms with Gasteiger partial charge in [0.1, 0.15) is 6.34 Å². The molecule has 0 saturated heterocycles. The van der Waals surface area contributed by atoms with Crippen molar-refractivity contribution in [3.8, 4) is 0 Å². The van der Waals surface area contributed by atoms with E-state index in [1.165, 1.54) is 19.3 Å². The van der Waals surface area contributed by atoms with E-state index in [2.05, 4.69) is 17.0 Å². The van der Waals surface area contributed by atoms with Crippen LogP contribution >= 0.6 is 0 Å². The summed E-state index contributed by atoms with van der Waals surface area (Å²) in [7, 11) is 0. The number of nitrogens with zero attached hydrogens (tertiary/aromatic N) is 2. The van der Waals surface area contributed by atoms with Gasteiger partial charge in [-0.15, -0.1) is 0 Å². The highest BCUT2D eigenvalue weighted by atomic mass is 19.2. The van der Waals surface area contributed by atoms with Gasteiger partial charge >= 0.3 is 0 Å². The van der Waals surface area contributed by atoms with E-state index in [1.54, 1.807) is 17.2 Å². The molecule has 0 bridgehead atoms. The van der Waals surface area contributed by atoms with Gasteiger partial charge in [0.25, 0.3) is 5.91 Å². The first-order valence-electron chi connectivity index (χ1n) is 9.69. The van der Waals surface area contributed by atoms with Crippen molar-refractivity contribution in [2.24, 2.45) is 4.99 Å². The summed E-state index contributed by atoms with van der Waals surface area (Å²) in [6.45, 7) is 11.2. The average molecular weight is 411 g/mol. The molecule has 0 saturated carbocycles. The van der Waals surface area contributed by atoms with Gasteiger partial charge in [-0.05, 0) is 61.6 Å². The van der Waals surface area contributed by atoms with Crippen LogP contribution in [-0.4, -0.2) is 17.3 Å². The van der Waals surface area contributed by atoms with Gasteiger partial charge < -0.3 is 0 Å². The molecule has 0 unspecified atom stereocenters. The molecule has 0 aliphatic carbocycles. The molecule has 2 aromatic rings. The van der Waals surface area contributed by atoms with Crippen molar-refractivity contribution < 1.29 is 13.6 Å². The second-order valence-electron chi connectivity index (χ2n) is 7.15.